The van der Waals surface area contributed by atoms with Crippen LogP contribution in [0, 0.1) is 6.92 Å². The lowest BCUT2D eigenvalue weighted by Crippen LogP contribution is -2.11. The maximum atomic E-state index is 2.32. The van der Waals surface area contributed by atoms with Crippen LogP contribution < -0.4 is 0 Å². The van der Waals surface area contributed by atoms with Gasteiger partial charge in [0.25, 0.3) is 0 Å². The van der Waals surface area contributed by atoms with E-state index in [4.69, 9.17) is 0 Å². The fraction of sp³-hybridized carbons (Fsp3) is 0.538. The summed E-state index contributed by atoms with van der Waals surface area (Å²) in [6.07, 6.45) is 0. The SMILES string of the molecule is Cc1cc(CN(C)C)cc(C(C)C)c1. The first-order chi connectivity index (χ1) is 6.49. The molecule has 0 aliphatic rings. The largest absolute Gasteiger partial charge is 0.305 e. The molecule has 0 atom stereocenters. The average molecular weight is 191 g/mol. The molecule has 1 nitrogen and oxygen atoms in total. The minimum absolute atomic E-state index is 0.621. The van der Waals surface area contributed by atoms with Gasteiger partial charge in [0.05, 0.1) is 0 Å². The maximum Gasteiger partial charge on any atom is 0.0227 e. The van der Waals surface area contributed by atoms with Crippen LogP contribution in [0.25, 0.3) is 0 Å². The van der Waals surface area contributed by atoms with Gasteiger partial charge in [-0.25, -0.2) is 0 Å². The lowest BCUT2D eigenvalue weighted by molar-refractivity contribution is 0.402. The minimum Gasteiger partial charge on any atom is -0.305 e. The normalized spacial score (nSPS) is 11.4. The smallest absolute Gasteiger partial charge is 0.0227 e. The fourth-order valence-electron chi connectivity index (χ4n) is 1.68. The highest BCUT2D eigenvalue weighted by Crippen LogP contribution is 2.18. The molecule has 0 aliphatic carbocycles. The van der Waals surface area contributed by atoms with Crippen LogP contribution in [-0.4, -0.2) is 19.0 Å². The van der Waals surface area contributed by atoms with Gasteiger partial charge in [0.1, 0.15) is 0 Å². The topological polar surface area (TPSA) is 3.24 Å². The van der Waals surface area contributed by atoms with Crippen LogP contribution in [0.2, 0.25) is 0 Å². The zero-order valence-corrected chi connectivity index (χ0v) is 9.96. The molecule has 1 aromatic carbocycles. The Labute approximate surface area is 87.7 Å². The van der Waals surface area contributed by atoms with Gasteiger partial charge in [0.2, 0.25) is 0 Å². The van der Waals surface area contributed by atoms with Crippen LogP contribution in [0.4, 0.5) is 0 Å². The van der Waals surface area contributed by atoms with Gasteiger partial charge < -0.3 is 4.90 Å². The summed E-state index contributed by atoms with van der Waals surface area (Å²) >= 11 is 0. The summed E-state index contributed by atoms with van der Waals surface area (Å²) in [6.45, 7) is 7.69. The molecule has 0 fully saturated rings. The molecule has 0 aromatic heterocycles. The molecule has 0 saturated carbocycles. The monoisotopic (exact) mass is 191 g/mol. The molecule has 0 spiro atoms. The van der Waals surface area contributed by atoms with Gasteiger partial charge in [-0.15, -0.1) is 0 Å². The summed E-state index contributed by atoms with van der Waals surface area (Å²) in [5.41, 5.74) is 4.23. The van der Waals surface area contributed by atoms with E-state index in [1.54, 1.807) is 0 Å². The van der Waals surface area contributed by atoms with E-state index in [0.29, 0.717) is 5.92 Å². The zero-order valence-electron chi connectivity index (χ0n) is 9.96. The van der Waals surface area contributed by atoms with Crippen molar-refractivity contribution in [1.82, 2.24) is 4.90 Å². The first-order valence-electron chi connectivity index (χ1n) is 5.24. The van der Waals surface area contributed by atoms with Crippen molar-refractivity contribution in [3.8, 4) is 0 Å². The third-order valence-electron chi connectivity index (χ3n) is 2.32. The second kappa shape index (κ2) is 4.61. The van der Waals surface area contributed by atoms with Crippen molar-refractivity contribution < 1.29 is 0 Å². The van der Waals surface area contributed by atoms with Gasteiger partial charge >= 0.3 is 0 Å². The summed E-state index contributed by atoms with van der Waals surface area (Å²) in [7, 11) is 4.22. The Morgan fingerprint density at radius 3 is 2.29 bits per heavy atom. The molecule has 0 N–H and O–H groups in total. The number of aryl methyl sites for hydroxylation is 1. The van der Waals surface area contributed by atoms with Crippen molar-refractivity contribution in [2.45, 2.75) is 33.2 Å². The molecule has 0 aliphatic heterocycles. The molecular formula is C13H21N. The van der Waals surface area contributed by atoms with E-state index in [9.17, 15) is 0 Å². The Morgan fingerprint density at radius 1 is 1.14 bits per heavy atom. The van der Waals surface area contributed by atoms with E-state index in [-0.39, 0.29) is 0 Å². The summed E-state index contributed by atoms with van der Waals surface area (Å²) in [6, 6.07) is 6.87. The van der Waals surface area contributed by atoms with Crippen molar-refractivity contribution in [3.63, 3.8) is 0 Å². The van der Waals surface area contributed by atoms with Gasteiger partial charge in [-0.1, -0.05) is 37.6 Å². The Bertz CT molecular complexity index is 300. The van der Waals surface area contributed by atoms with Crippen molar-refractivity contribution >= 4 is 0 Å². The molecular weight excluding hydrogens is 170 g/mol. The number of rotatable bonds is 3. The van der Waals surface area contributed by atoms with Crippen molar-refractivity contribution in [1.29, 1.82) is 0 Å². The molecule has 0 amide bonds. The Kier molecular flexibility index (Phi) is 3.70. The molecule has 0 saturated heterocycles. The van der Waals surface area contributed by atoms with Gasteiger partial charge in [0.15, 0.2) is 0 Å². The molecule has 1 heteroatoms. The fourth-order valence-corrected chi connectivity index (χ4v) is 1.68. The standard InChI is InChI=1S/C13H21N/c1-10(2)13-7-11(3)6-12(8-13)9-14(4)5/h6-8,10H,9H2,1-5H3. The van der Waals surface area contributed by atoms with Crippen molar-refractivity contribution in [3.05, 3.63) is 34.9 Å². The summed E-state index contributed by atoms with van der Waals surface area (Å²) in [5, 5.41) is 0. The Hall–Kier alpha value is -0.820. The second-order valence-electron chi connectivity index (χ2n) is 4.64. The quantitative estimate of drug-likeness (QED) is 0.709. The summed E-state index contributed by atoms with van der Waals surface area (Å²) < 4.78 is 0. The van der Waals surface area contributed by atoms with Crippen LogP contribution in [0.3, 0.4) is 0 Å². The third kappa shape index (κ3) is 3.15. The van der Waals surface area contributed by atoms with Crippen LogP contribution >= 0.6 is 0 Å². The van der Waals surface area contributed by atoms with Crippen molar-refractivity contribution in [2.75, 3.05) is 14.1 Å². The third-order valence-corrected chi connectivity index (χ3v) is 2.32. The van der Waals surface area contributed by atoms with E-state index in [1.807, 2.05) is 0 Å². The van der Waals surface area contributed by atoms with E-state index in [1.165, 1.54) is 16.7 Å². The molecule has 78 valence electrons. The van der Waals surface area contributed by atoms with E-state index in [2.05, 4.69) is 58.0 Å². The number of hydrogen-bond donors (Lipinski definition) is 0. The first-order valence-corrected chi connectivity index (χ1v) is 5.24. The zero-order chi connectivity index (χ0) is 10.7. The highest BCUT2D eigenvalue weighted by Gasteiger charge is 2.03. The van der Waals surface area contributed by atoms with Crippen molar-refractivity contribution in [2.24, 2.45) is 0 Å². The van der Waals surface area contributed by atoms with E-state index < -0.39 is 0 Å². The molecule has 0 radical (unpaired) electrons. The van der Waals surface area contributed by atoms with Gasteiger partial charge in [-0.05, 0) is 38.1 Å². The Morgan fingerprint density at radius 2 is 1.79 bits per heavy atom. The maximum absolute atomic E-state index is 2.32. The number of benzene rings is 1. The molecule has 14 heavy (non-hydrogen) atoms. The van der Waals surface area contributed by atoms with E-state index in [0.717, 1.165) is 6.54 Å². The van der Waals surface area contributed by atoms with Crippen LogP contribution in [0.5, 0.6) is 0 Å². The minimum atomic E-state index is 0.621. The summed E-state index contributed by atoms with van der Waals surface area (Å²) in [4.78, 5) is 2.21. The molecule has 0 heterocycles. The van der Waals surface area contributed by atoms with Gasteiger partial charge in [-0.2, -0.15) is 0 Å². The highest BCUT2D eigenvalue weighted by atomic mass is 15.0. The predicted octanol–water partition coefficient (Wildman–Crippen LogP) is 3.18. The number of hydrogen-bond acceptors (Lipinski definition) is 1. The van der Waals surface area contributed by atoms with Crippen LogP contribution in [-0.2, 0) is 6.54 Å². The van der Waals surface area contributed by atoms with Crippen LogP contribution in [0.1, 0.15) is 36.5 Å². The van der Waals surface area contributed by atoms with Gasteiger partial charge in [0, 0.05) is 6.54 Å². The number of nitrogens with zero attached hydrogens (tertiary/aromatic N) is 1. The van der Waals surface area contributed by atoms with Gasteiger partial charge in [-0.3, -0.25) is 0 Å². The van der Waals surface area contributed by atoms with E-state index >= 15 is 0 Å². The predicted molar refractivity (Wildman–Crippen MR) is 62.7 cm³/mol. The molecule has 0 bridgehead atoms. The van der Waals surface area contributed by atoms with Crippen LogP contribution in [0.15, 0.2) is 18.2 Å². The molecule has 1 rings (SSSR count). The second-order valence-corrected chi connectivity index (χ2v) is 4.64. The highest BCUT2D eigenvalue weighted by molar-refractivity contribution is 5.31. The lowest BCUT2D eigenvalue weighted by atomic mass is 9.98. The Balaban J connectivity index is 2.95. The molecule has 1 aromatic rings. The molecule has 0 unspecified atom stereocenters. The average Bonchev–Trinajstić information content (AvgIpc) is 2.01. The first kappa shape index (κ1) is 11.3. The summed E-state index contributed by atoms with van der Waals surface area (Å²) in [5.74, 6) is 0.621. The lowest BCUT2D eigenvalue weighted by Gasteiger charge is -2.13.